The molecule has 0 aliphatic carbocycles. The Morgan fingerprint density at radius 3 is 2.35 bits per heavy atom. The third-order valence-electron chi connectivity index (χ3n) is 3.26. The highest BCUT2D eigenvalue weighted by molar-refractivity contribution is 5.92. The summed E-state index contributed by atoms with van der Waals surface area (Å²) in [5.41, 5.74) is 2.49. The molecule has 1 amide bonds. The van der Waals surface area contributed by atoms with E-state index in [1.54, 1.807) is 12.1 Å². The summed E-state index contributed by atoms with van der Waals surface area (Å²) in [6.45, 7) is 3.44. The molecule has 0 aliphatic heterocycles. The summed E-state index contributed by atoms with van der Waals surface area (Å²) in [4.78, 5) is 23.8. The van der Waals surface area contributed by atoms with Gasteiger partial charge < -0.3 is 10.1 Å². The van der Waals surface area contributed by atoms with Gasteiger partial charge in [-0.3, -0.25) is 4.79 Å². The van der Waals surface area contributed by atoms with E-state index in [0.717, 1.165) is 11.1 Å². The molecule has 0 radical (unpaired) electrons. The zero-order valence-electron chi connectivity index (χ0n) is 13.4. The van der Waals surface area contributed by atoms with E-state index in [2.05, 4.69) is 5.32 Å². The average Bonchev–Trinajstić information content (AvgIpc) is 2.53. The van der Waals surface area contributed by atoms with Crippen LogP contribution >= 0.6 is 0 Å². The van der Waals surface area contributed by atoms with Gasteiger partial charge in [0, 0.05) is 6.04 Å². The number of ether oxygens (including phenoxy) is 1. The lowest BCUT2D eigenvalue weighted by atomic mass is 10.00. The van der Waals surface area contributed by atoms with Gasteiger partial charge in [0.15, 0.2) is 6.61 Å². The van der Waals surface area contributed by atoms with Crippen LogP contribution in [0.5, 0.6) is 0 Å². The summed E-state index contributed by atoms with van der Waals surface area (Å²) in [6.07, 6.45) is 0.643. The quantitative estimate of drug-likeness (QED) is 0.835. The van der Waals surface area contributed by atoms with Gasteiger partial charge in [0.2, 0.25) is 0 Å². The van der Waals surface area contributed by atoms with Crippen molar-refractivity contribution in [2.24, 2.45) is 0 Å². The summed E-state index contributed by atoms with van der Waals surface area (Å²) < 4.78 is 5.12. The SMILES string of the molecule is CC(C)NC(=O)COC(=O)c1ccccc1Cc1ccccc1. The number of nitrogens with one attached hydrogen (secondary N) is 1. The Balaban J connectivity index is 2.04. The van der Waals surface area contributed by atoms with Crippen LogP contribution in [-0.4, -0.2) is 24.5 Å². The van der Waals surface area contributed by atoms with E-state index in [1.165, 1.54) is 0 Å². The van der Waals surface area contributed by atoms with Crippen LogP contribution in [0.25, 0.3) is 0 Å². The molecule has 120 valence electrons. The predicted octanol–water partition coefficient (Wildman–Crippen LogP) is 2.96. The number of hydrogen-bond donors (Lipinski definition) is 1. The van der Waals surface area contributed by atoms with Gasteiger partial charge in [0.25, 0.3) is 5.91 Å². The summed E-state index contributed by atoms with van der Waals surface area (Å²) >= 11 is 0. The van der Waals surface area contributed by atoms with Crippen LogP contribution in [0.4, 0.5) is 0 Å². The molecule has 0 aromatic heterocycles. The predicted molar refractivity (Wildman–Crippen MR) is 89.3 cm³/mol. The molecule has 0 bridgehead atoms. The van der Waals surface area contributed by atoms with Crippen LogP contribution in [-0.2, 0) is 16.0 Å². The second-order valence-electron chi connectivity index (χ2n) is 5.62. The molecule has 0 aliphatic rings. The van der Waals surface area contributed by atoms with Crippen molar-refractivity contribution in [2.75, 3.05) is 6.61 Å². The molecule has 4 nitrogen and oxygen atoms in total. The first-order valence-corrected chi connectivity index (χ1v) is 7.64. The van der Waals surface area contributed by atoms with Crippen molar-refractivity contribution < 1.29 is 14.3 Å². The van der Waals surface area contributed by atoms with Crippen LogP contribution in [0.1, 0.15) is 35.3 Å². The summed E-state index contributed by atoms with van der Waals surface area (Å²) in [7, 11) is 0. The molecular formula is C19H21NO3. The van der Waals surface area contributed by atoms with E-state index in [4.69, 9.17) is 4.74 Å². The van der Waals surface area contributed by atoms with Crippen LogP contribution < -0.4 is 5.32 Å². The maximum absolute atomic E-state index is 12.2. The lowest BCUT2D eigenvalue weighted by molar-refractivity contribution is -0.124. The molecular weight excluding hydrogens is 290 g/mol. The Morgan fingerprint density at radius 2 is 1.65 bits per heavy atom. The molecule has 0 unspecified atom stereocenters. The molecule has 2 aromatic rings. The monoisotopic (exact) mass is 311 g/mol. The number of rotatable bonds is 6. The Hall–Kier alpha value is -2.62. The van der Waals surface area contributed by atoms with Crippen molar-refractivity contribution in [3.05, 3.63) is 71.3 Å². The van der Waals surface area contributed by atoms with Crippen molar-refractivity contribution in [1.82, 2.24) is 5.32 Å². The molecule has 2 aromatic carbocycles. The second kappa shape index (κ2) is 8.13. The molecule has 2 rings (SSSR count). The highest BCUT2D eigenvalue weighted by Crippen LogP contribution is 2.15. The minimum atomic E-state index is -0.476. The highest BCUT2D eigenvalue weighted by Gasteiger charge is 2.14. The van der Waals surface area contributed by atoms with Gasteiger partial charge in [-0.05, 0) is 37.5 Å². The van der Waals surface area contributed by atoms with E-state index in [1.807, 2.05) is 56.3 Å². The van der Waals surface area contributed by atoms with Gasteiger partial charge in [0.05, 0.1) is 5.56 Å². The van der Waals surface area contributed by atoms with E-state index in [9.17, 15) is 9.59 Å². The van der Waals surface area contributed by atoms with Crippen molar-refractivity contribution in [3.63, 3.8) is 0 Å². The fourth-order valence-electron chi connectivity index (χ4n) is 2.26. The van der Waals surface area contributed by atoms with Gasteiger partial charge in [0.1, 0.15) is 0 Å². The van der Waals surface area contributed by atoms with Gasteiger partial charge in [-0.15, -0.1) is 0 Å². The minimum absolute atomic E-state index is 0.0200. The largest absolute Gasteiger partial charge is 0.452 e. The normalized spacial score (nSPS) is 10.4. The van der Waals surface area contributed by atoms with E-state index in [-0.39, 0.29) is 18.6 Å². The lowest BCUT2D eigenvalue weighted by Crippen LogP contribution is -2.34. The Bertz CT molecular complexity index is 665. The number of esters is 1. The number of benzene rings is 2. The van der Waals surface area contributed by atoms with Gasteiger partial charge in [-0.25, -0.2) is 4.79 Å². The molecule has 1 N–H and O–H groups in total. The van der Waals surface area contributed by atoms with Crippen molar-refractivity contribution in [3.8, 4) is 0 Å². The molecule has 0 saturated heterocycles. The maximum atomic E-state index is 12.2. The summed E-state index contributed by atoms with van der Waals surface area (Å²) in [5, 5.41) is 2.69. The van der Waals surface area contributed by atoms with Gasteiger partial charge in [-0.2, -0.15) is 0 Å². The van der Waals surface area contributed by atoms with Crippen molar-refractivity contribution in [1.29, 1.82) is 0 Å². The van der Waals surface area contributed by atoms with Crippen LogP contribution in [0.2, 0.25) is 0 Å². The molecule has 0 fully saturated rings. The van der Waals surface area contributed by atoms with Gasteiger partial charge >= 0.3 is 5.97 Å². The minimum Gasteiger partial charge on any atom is -0.452 e. The number of carbonyl (C=O) groups excluding carboxylic acids is 2. The lowest BCUT2D eigenvalue weighted by Gasteiger charge is -2.11. The average molecular weight is 311 g/mol. The fourth-order valence-corrected chi connectivity index (χ4v) is 2.26. The van der Waals surface area contributed by atoms with Crippen LogP contribution in [0.15, 0.2) is 54.6 Å². The molecule has 0 heterocycles. The summed E-state index contributed by atoms with van der Waals surface area (Å²) in [6, 6.07) is 17.2. The van der Waals surface area contributed by atoms with E-state index >= 15 is 0 Å². The molecule has 23 heavy (non-hydrogen) atoms. The first-order valence-electron chi connectivity index (χ1n) is 7.64. The van der Waals surface area contributed by atoms with E-state index in [0.29, 0.717) is 12.0 Å². The highest BCUT2D eigenvalue weighted by atomic mass is 16.5. The third-order valence-corrected chi connectivity index (χ3v) is 3.26. The first kappa shape index (κ1) is 16.7. The molecule has 0 saturated carbocycles. The van der Waals surface area contributed by atoms with Gasteiger partial charge in [-0.1, -0.05) is 48.5 Å². The van der Waals surface area contributed by atoms with Crippen LogP contribution in [0.3, 0.4) is 0 Å². The topological polar surface area (TPSA) is 55.4 Å². The number of hydrogen-bond acceptors (Lipinski definition) is 3. The summed E-state index contributed by atoms with van der Waals surface area (Å²) in [5.74, 6) is -0.774. The fraction of sp³-hybridized carbons (Fsp3) is 0.263. The Morgan fingerprint density at radius 1 is 1.00 bits per heavy atom. The smallest absolute Gasteiger partial charge is 0.338 e. The number of carbonyl (C=O) groups is 2. The maximum Gasteiger partial charge on any atom is 0.338 e. The molecule has 4 heteroatoms. The van der Waals surface area contributed by atoms with E-state index < -0.39 is 5.97 Å². The zero-order valence-corrected chi connectivity index (χ0v) is 13.4. The van der Waals surface area contributed by atoms with Crippen molar-refractivity contribution >= 4 is 11.9 Å². The molecule has 0 atom stereocenters. The Kier molecular flexibility index (Phi) is 5.92. The first-order chi connectivity index (χ1) is 11.1. The van der Waals surface area contributed by atoms with Crippen molar-refractivity contribution in [2.45, 2.75) is 26.3 Å². The Labute approximate surface area is 136 Å². The standard InChI is InChI=1S/C19H21NO3/c1-14(2)20-18(21)13-23-19(22)17-11-7-6-10-16(17)12-15-8-4-3-5-9-15/h3-11,14H,12-13H2,1-2H3,(H,20,21). The second-order valence-corrected chi connectivity index (χ2v) is 5.62. The molecule has 0 spiro atoms. The number of amides is 1. The third kappa shape index (κ3) is 5.25. The van der Waals surface area contributed by atoms with Crippen LogP contribution in [0, 0.1) is 0 Å². The zero-order chi connectivity index (χ0) is 16.7.